The Balaban J connectivity index is 1.36. The van der Waals surface area contributed by atoms with Crippen LogP contribution in [0.2, 0.25) is 5.02 Å². The van der Waals surface area contributed by atoms with Crippen molar-refractivity contribution in [3.8, 4) is 16.9 Å². The summed E-state index contributed by atoms with van der Waals surface area (Å²) in [6.45, 7) is 4.14. The maximum Gasteiger partial charge on any atom is 0.354 e. The van der Waals surface area contributed by atoms with Gasteiger partial charge in [-0.2, -0.15) is 4.98 Å². The molecular formula is C33H39ClFN7O2. The molecule has 0 saturated carbocycles. The van der Waals surface area contributed by atoms with E-state index in [1.54, 1.807) is 30.5 Å². The lowest BCUT2D eigenvalue weighted by molar-refractivity contribution is 0.0940. The molecule has 1 fully saturated rings. The second-order valence-corrected chi connectivity index (χ2v) is 11.9. The molecule has 1 aliphatic rings. The fraction of sp³-hybridized carbons (Fsp3) is 0.364. The molecule has 5 rings (SSSR count). The van der Waals surface area contributed by atoms with Gasteiger partial charge in [0.05, 0.1) is 23.0 Å². The van der Waals surface area contributed by atoms with Gasteiger partial charge in [0.2, 0.25) is 0 Å². The molecule has 3 atom stereocenters. The van der Waals surface area contributed by atoms with Crippen molar-refractivity contribution in [3.63, 3.8) is 0 Å². The Morgan fingerprint density at radius 1 is 1.30 bits per heavy atom. The number of hydrogen-bond donors (Lipinski definition) is 4. The minimum absolute atomic E-state index is 0.0381. The summed E-state index contributed by atoms with van der Waals surface area (Å²) in [7, 11) is 2.12. The molecule has 0 aliphatic carbocycles. The fourth-order valence-electron chi connectivity index (χ4n) is 6.09. The van der Waals surface area contributed by atoms with Gasteiger partial charge in [-0.05, 0) is 93.5 Å². The number of nitrogens with zero attached hydrogens (tertiary/aromatic N) is 3. The van der Waals surface area contributed by atoms with E-state index in [1.807, 2.05) is 12.1 Å². The topological polar surface area (TPSA) is 139 Å². The van der Waals surface area contributed by atoms with Gasteiger partial charge in [-0.3, -0.25) is 14.9 Å². The summed E-state index contributed by atoms with van der Waals surface area (Å²) in [5.74, 6) is -0.531. The molecule has 3 heterocycles. The second kappa shape index (κ2) is 13.8. The number of hydrogen-bond acceptors (Lipinski definition) is 6. The summed E-state index contributed by atoms with van der Waals surface area (Å²) in [6.07, 6.45) is 9.71. The van der Waals surface area contributed by atoms with Crippen molar-refractivity contribution in [1.82, 2.24) is 19.4 Å². The zero-order valence-electron chi connectivity index (χ0n) is 24.9. The number of amidine groups is 1. The average Bonchev–Trinajstić information content (AvgIpc) is 3.41. The third kappa shape index (κ3) is 7.04. The van der Waals surface area contributed by atoms with E-state index in [-0.39, 0.29) is 23.1 Å². The van der Waals surface area contributed by atoms with Crippen LogP contribution in [0.25, 0.3) is 28.0 Å². The molecular weight excluding hydrogens is 581 g/mol. The van der Waals surface area contributed by atoms with Crippen molar-refractivity contribution >= 4 is 28.7 Å². The standard InChI is InChI=1S/C33H39ClFN7O2/c1-3-23(36)7-4-6-20-16-26(30(35)27(34)17-20)28-18-22-19-42(33(43)40-31(22)39-28)25-12-10-21(11-13-25)29-9-5-8-24(41(29)2)14-15-44-32(37)38/h3,10-13,16-19,23-24,29H,1,4-9,14-15,36H2,2H3,(H3,37,38)(H,39,40,43)/t23-,24-,29?/m0/s1. The average molecular weight is 620 g/mol. The Labute approximate surface area is 261 Å². The third-order valence-corrected chi connectivity index (χ3v) is 8.81. The van der Waals surface area contributed by atoms with E-state index < -0.39 is 11.5 Å². The van der Waals surface area contributed by atoms with Crippen LogP contribution in [0.15, 0.2) is 66.1 Å². The third-order valence-electron chi connectivity index (χ3n) is 8.54. The Morgan fingerprint density at radius 3 is 2.80 bits per heavy atom. The lowest BCUT2D eigenvalue weighted by Gasteiger charge is -2.40. The molecule has 1 aliphatic heterocycles. The van der Waals surface area contributed by atoms with Crippen molar-refractivity contribution in [1.29, 1.82) is 5.41 Å². The summed E-state index contributed by atoms with van der Waals surface area (Å²) < 4.78 is 21.8. The van der Waals surface area contributed by atoms with Crippen molar-refractivity contribution in [3.05, 3.63) is 93.8 Å². The zero-order valence-corrected chi connectivity index (χ0v) is 25.6. The van der Waals surface area contributed by atoms with Gasteiger partial charge >= 0.3 is 5.69 Å². The first kappa shape index (κ1) is 31.4. The number of aryl methyl sites for hydroxylation is 1. The molecule has 11 heteroatoms. The fourth-order valence-corrected chi connectivity index (χ4v) is 6.33. The molecule has 0 bridgehead atoms. The number of fused-ring (bicyclic) bond motifs is 1. The number of aromatic amines is 1. The highest BCUT2D eigenvalue weighted by atomic mass is 35.5. The summed E-state index contributed by atoms with van der Waals surface area (Å²) in [4.78, 5) is 22.8. The molecule has 6 N–H and O–H groups in total. The molecule has 0 spiro atoms. The lowest BCUT2D eigenvalue weighted by Crippen LogP contribution is -2.39. The number of nitrogens with two attached hydrogens (primary N) is 2. The van der Waals surface area contributed by atoms with Gasteiger partial charge in [0.25, 0.3) is 6.02 Å². The molecule has 0 amide bonds. The number of rotatable bonds is 11. The van der Waals surface area contributed by atoms with Crippen LogP contribution in [0, 0.1) is 11.2 Å². The SMILES string of the molecule is C=C[C@H](N)CCCc1cc(Cl)c(F)c(-c2cc3cn(-c4ccc(C5CCC[C@@H](CCOC(=N)N)N5C)cc4)c(=O)nc3[nH]2)c1. The van der Waals surface area contributed by atoms with E-state index in [2.05, 4.69) is 40.6 Å². The summed E-state index contributed by atoms with van der Waals surface area (Å²) >= 11 is 6.27. The van der Waals surface area contributed by atoms with Crippen LogP contribution in [0.1, 0.15) is 55.7 Å². The van der Waals surface area contributed by atoms with E-state index in [0.29, 0.717) is 47.0 Å². The molecule has 2 aromatic carbocycles. The molecule has 2 aromatic heterocycles. The van der Waals surface area contributed by atoms with Crippen LogP contribution < -0.4 is 17.2 Å². The van der Waals surface area contributed by atoms with E-state index in [1.165, 1.54) is 4.57 Å². The number of halogens is 2. The van der Waals surface area contributed by atoms with Crippen LogP contribution in [0.4, 0.5) is 4.39 Å². The second-order valence-electron chi connectivity index (χ2n) is 11.5. The predicted octanol–water partition coefficient (Wildman–Crippen LogP) is 5.83. The van der Waals surface area contributed by atoms with Gasteiger partial charge in [0.15, 0.2) is 5.82 Å². The molecule has 9 nitrogen and oxygen atoms in total. The Hall–Kier alpha value is -3.99. The quantitative estimate of drug-likeness (QED) is 0.0946. The van der Waals surface area contributed by atoms with Gasteiger partial charge in [-0.1, -0.05) is 29.8 Å². The lowest BCUT2D eigenvalue weighted by atomic mass is 9.90. The van der Waals surface area contributed by atoms with Gasteiger partial charge in [0.1, 0.15) is 5.65 Å². The number of nitrogens with one attached hydrogen (secondary N) is 2. The van der Waals surface area contributed by atoms with E-state index in [4.69, 9.17) is 33.2 Å². The van der Waals surface area contributed by atoms with Gasteiger partial charge in [-0.15, -0.1) is 6.58 Å². The highest BCUT2D eigenvalue weighted by Crippen LogP contribution is 2.35. The molecule has 1 saturated heterocycles. The normalized spacial score (nSPS) is 17.9. The number of likely N-dealkylation sites (tertiary alicyclic amines) is 1. The monoisotopic (exact) mass is 619 g/mol. The smallest absolute Gasteiger partial charge is 0.354 e. The van der Waals surface area contributed by atoms with E-state index in [9.17, 15) is 4.79 Å². The number of benzene rings is 2. The van der Waals surface area contributed by atoms with Crippen molar-refractivity contribution in [2.75, 3.05) is 13.7 Å². The first-order valence-corrected chi connectivity index (χ1v) is 15.3. The highest BCUT2D eigenvalue weighted by molar-refractivity contribution is 6.31. The van der Waals surface area contributed by atoms with Crippen molar-refractivity contribution < 1.29 is 9.13 Å². The Morgan fingerprint density at radius 2 is 2.07 bits per heavy atom. The minimum Gasteiger partial charge on any atom is -0.466 e. The minimum atomic E-state index is -0.531. The van der Waals surface area contributed by atoms with Crippen LogP contribution >= 0.6 is 11.6 Å². The largest absolute Gasteiger partial charge is 0.466 e. The molecule has 4 aromatic rings. The highest BCUT2D eigenvalue weighted by Gasteiger charge is 2.28. The predicted molar refractivity (Wildman–Crippen MR) is 174 cm³/mol. The Kier molecular flexibility index (Phi) is 9.83. The molecule has 0 radical (unpaired) electrons. The number of H-pyrrole nitrogens is 1. The molecule has 232 valence electrons. The first-order chi connectivity index (χ1) is 21.1. The molecule has 44 heavy (non-hydrogen) atoms. The van der Waals surface area contributed by atoms with Crippen molar-refractivity contribution in [2.45, 2.75) is 63.1 Å². The summed E-state index contributed by atoms with van der Waals surface area (Å²) in [5, 5.41) is 7.98. The van der Waals surface area contributed by atoms with Gasteiger partial charge in [-0.25, -0.2) is 9.18 Å². The maximum atomic E-state index is 15.2. The van der Waals surface area contributed by atoms with Crippen LogP contribution in [-0.2, 0) is 11.2 Å². The van der Waals surface area contributed by atoms with Crippen molar-refractivity contribution in [2.24, 2.45) is 11.5 Å². The van der Waals surface area contributed by atoms with E-state index >= 15 is 4.39 Å². The van der Waals surface area contributed by atoms with Crippen LogP contribution in [0.5, 0.6) is 0 Å². The number of ether oxygens (including phenoxy) is 1. The Bertz CT molecular complexity index is 1700. The summed E-state index contributed by atoms with van der Waals surface area (Å²) in [6, 6.07) is 13.4. The zero-order chi connectivity index (χ0) is 31.4. The van der Waals surface area contributed by atoms with E-state index in [0.717, 1.165) is 49.7 Å². The maximum absolute atomic E-state index is 15.2. The summed E-state index contributed by atoms with van der Waals surface area (Å²) in [5.41, 5.74) is 14.8. The number of aromatic nitrogens is 3. The van der Waals surface area contributed by atoms with Gasteiger partial charge < -0.3 is 21.2 Å². The van der Waals surface area contributed by atoms with Crippen LogP contribution in [0.3, 0.4) is 0 Å². The van der Waals surface area contributed by atoms with Crippen LogP contribution in [-0.4, -0.2) is 51.2 Å². The number of piperidine rings is 1. The first-order valence-electron chi connectivity index (χ1n) is 14.9. The van der Waals surface area contributed by atoms with Gasteiger partial charge in [0, 0.05) is 35.3 Å². The molecule has 1 unspecified atom stereocenters.